The molecule has 3 heterocycles. The average molecular weight is 279 g/mol. The topological polar surface area (TPSA) is 72.7 Å². The van der Waals surface area contributed by atoms with Crippen molar-refractivity contribution in [1.82, 2.24) is 19.7 Å². The predicted molar refractivity (Wildman–Crippen MR) is 77.8 cm³/mol. The Kier molecular flexibility index (Phi) is 2.50. The fourth-order valence-corrected chi connectivity index (χ4v) is 2.84. The third kappa shape index (κ3) is 1.87. The number of rotatable bonds is 1. The van der Waals surface area contributed by atoms with Gasteiger partial charge in [-0.05, 0) is 17.7 Å². The number of nitrogens with one attached hydrogen (secondary N) is 1. The van der Waals surface area contributed by atoms with Gasteiger partial charge in [0.1, 0.15) is 5.82 Å². The van der Waals surface area contributed by atoms with Crippen LogP contribution in [0.3, 0.4) is 0 Å². The maximum Gasteiger partial charge on any atom is 0.226 e. The van der Waals surface area contributed by atoms with Crippen molar-refractivity contribution >= 4 is 22.8 Å². The van der Waals surface area contributed by atoms with Crippen molar-refractivity contribution in [1.29, 1.82) is 0 Å². The number of benzene rings is 1. The highest BCUT2D eigenvalue weighted by Gasteiger charge is 2.29. The van der Waals surface area contributed by atoms with Crippen molar-refractivity contribution in [2.24, 2.45) is 7.05 Å². The SMILES string of the molecule is Cn1ncc2c1NC(=O)C[C@@H]2c1ccc2nccnc2c1. The number of nitrogens with zero attached hydrogens (tertiary/aromatic N) is 4. The van der Waals surface area contributed by atoms with Crippen molar-refractivity contribution in [2.75, 3.05) is 5.32 Å². The summed E-state index contributed by atoms with van der Waals surface area (Å²) in [5, 5.41) is 7.12. The quantitative estimate of drug-likeness (QED) is 0.737. The molecule has 0 bridgehead atoms. The molecule has 0 saturated heterocycles. The molecule has 0 saturated carbocycles. The van der Waals surface area contributed by atoms with Crippen LogP contribution in [-0.2, 0) is 11.8 Å². The van der Waals surface area contributed by atoms with Crippen LogP contribution < -0.4 is 5.32 Å². The van der Waals surface area contributed by atoms with Gasteiger partial charge in [0.15, 0.2) is 0 Å². The summed E-state index contributed by atoms with van der Waals surface area (Å²) in [6.07, 6.45) is 5.59. The van der Waals surface area contributed by atoms with Crippen LogP contribution in [0.25, 0.3) is 11.0 Å². The molecule has 1 atom stereocenters. The van der Waals surface area contributed by atoms with Crippen molar-refractivity contribution in [3.63, 3.8) is 0 Å². The van der Waals surface area contributed by atoms with E-state index < -0.39 is 0 Å². The van der Waals surface area contributed by atoms with Gasteiger partial charge in [-0.1, -0.05) is 6.07 Å². The fraction of sp³-hybridized carbons (Fsp3) is 0.200. The zero-order valence-corrected chi connectivity index (χ0v) is 11.4. The van der Waals surface area contributed by atoms with Gasteiger partial charge in [0.25, 0.3) is 0 Å². The predicted octanol–water partition coefficient (Wildman–Crippen LogP) is 1.84. The minimum atomic E-state index is 0.00820. The van der Waals surface area contributed by atoms with Crippen molar-refractivity contribution < 1.29 is 4.79 Å². The molecule has 6 nitrogen and oxygen atoms in total. The second-order valence-electron chi connectivity index (χ2n) is 5.18. The minimum Gasteiger partial charge on any atom is -0.311 e. The molecule has 0 fully saturated rings. The monoisotopic (exact) mass is 279 g/mol. The molecule has 1 amide bonds. The summed E-state index contributed by atoms with van der Waals surface area (Å²) >= 11 is 0. The van der Waals surface area contributed by atoms with Crippen LogP contribution in [0.2, 0.25) is 0 Å². The average Bonchev–Trinajstić information content (AvgIpc) is 2.87. The number of anilines is 1. The lowest BCUT2D eigenvalue weighted by molar-refractivity contribution is -0.116. The van der Waals surface area contributed by atoms with Crippen LogP contribution in [0.1, 0.15) is 23.5 Å². The molecule has 21 heavy (non-hydrogen) atoms. The smallest absolute Gasteiger partial charge is 0.226 e. The fourth-order valence-electron chi connectivity index (χ4n) is 2.84. The Balaban J connectivity index is 1.86. The zero-order valence-electron chi connectivity index (χ0n) is 11.4. The van der Waals surface area contributed by atoms with Gasteiger partial charge < -0.3 is 5.32 Å². The largest absolute Gasteiger partial charge is 0.311 e. The van der Waals surface area contributed by atoms with E-state index in [0.717, 1.165) is 28.0 Å². The number of aromatic nitrogens is 4. The van der Waals surface area contributed by atoms with Crippen molar-refractivity contribution in [3.05, 3.63) is 47.9 Å². The van der Waals surface area contributed by atoms with E-state index in [1.807, 2.05) is 31.4 Å². The number of fused-ring (bicyclic) bond motifs is 2. The molecule has 0 spiro atoms. The molecular weight excluding hydrogens is 266 g/mol. The number of amides is 1. The second kappa shape index (κ2) is 4.37. The number of hydrogen-bond donors (Lipinski definition) is 1. The Bertz CT molecular complexity index is 854. The van der Waals surface area contributed by atoms with Gasteiger partial charge >= 0.3 is 0 Å². The van der Waals surface area contributed by atoms with Gasteiger partial charge in [0.05, 0.1) is 17.2 Å². The summed E-state index contributed by atoms with van der Waals surface area (Å²) in [6.45, 7) is 0. The Morgan fingerprint density at radius 2 is 2.05 bits per heavy atom. The Hall–Kier alpha value is -2.76. The Labute approximate surface area is 120 Å². The lowest BCUT2D eigenvalue weighted by Crippen LogP contribution is -2.24. The van der Waals surface area contributed by atoms with Crippen LogP contribution in [0.15, 0.2) is 36.8 Å². The summed E-state index contributed by atoms with van der Waals surface area (Å²) in [4.78, 5) is 20.5. The van der Waals surface area contributed by atoms with Crippen LogP contribution in [0, 0.1) is 0 Å². The Morgan fingerprint density at radius 1 is 1.24 bits per heavy atom. The normalized spacial score (nSPS) is 17.6. The van der Waals surface area contributed by atoms with E-state index in [4.69, 9.17) is 0 Å². The molecule has 1 aliphatic rings. The third-order valence-corrected chi connectivity index (χ3v) is 3.89. The summed E-state index contributed by atoms with van der Waals surface area (Å²) in [5.74, 6) is 0.791. The standard InChI is InChI=1S/C15H13N5O/c1-20-15-11(8-18-20)10(7-14(21)19-15)9-2-3-12-13(6-9)17-5-4-16-12/h2-6,8,10H,7H2,1H3,(H,19,21)/t10-/m1/s1. The van der Waals surface area contributed by atoms with Gasteiger partial charge in [-0.2, -0.15) is 5.10 Å². The molecule has 4 rings (SSSR count). The first-order chi connectivity index (χ1) is 10.2. The minimum absolute atomic E-state index is 0.00820. The van der Waals surface area contributed by atoms with E-state index in [1.54, 1.807) is 17.1 Å². The van der Waals surface area contributed by atoms with Gasteiger partial charge in [-0.25, -0.2) is 0 Å². The highest BCUT2D eigenvalue weighted by molar-refractivity contribution is 5.94. The molecule has 1 N–H and O–H groups in total. The van der Waals surface area contributed by atoms with Crippen molar-refractivity contribution in [2.45, 2.75) is 12.3 Å². The van der Waals surface area contributed by atoms with E-state index in [1.165, 1.54) is 0 Å². The Morgan fingerprint density at radius 3 is 2.90 bits per heavy atom. The first-order valence-corrected chi connectivity index (χ1v) is 6.75. The lowest BCUT2D eigenvalue weighted by Gasteiger charge is -2.23. The number of carbonyl (C=O) groups is 1. The highest BCUT2D eigenvalue weighted by Crippen LogP contribution is 2.37. The summed E-state index contributed by atoms with van der Waals surface area (Å²) in [6, 6.07) is 5.96. The molecule has 2 aromatic heterocycles. The molecule has 0 unspecified atom stereocenters. The first-order valence-electron chi connectivity index (χ1n) is 6.75. The molecule has 6 heteroatoms. The van der Waals surface area contributed by atoms with Crippen molar-refractivity contribution in [3.8, 4) is 0 Å². The van der Waals surface area contributed by atoms with E-state index in [9.17, 15) is 4.79 Å². The third-order valence-electron chi connectivity index (χ3n) is 3.89. The van der Waals surface area contributed by atoms with Gasteiger partial charge in [0.2, 0.25) is 5.91 Å². The number of aryl methyl sites for hydroxylation is 1. The van der Waals surface area contributed by atoms with Gasteiger partial charge in [-0.3, -0.25) is 19.4 Å². The van der Waals surface area contributed by atoms with Crippen LogP contribution in [0.4, 0.5) is 5.82 Å². The molecular formula is C15H13N5O. The molecule has 0 aliphatic carbocycles. The molecule has 1 aromatic carbocycles. The van der Waals surface area contributed by atoms with Gasteiger partial charge in [-0.15, -0.1) is 0 Å². The molecule has 3 aromatic rings. The maximum absolute atomic E-state index is 11.9. The molecule has 0 radical (unpaired) electrons. The zero-order chi connectivity index (χ0) is 14.4. The second-order valence-corrected chi connectivity index (χ2v) is 5.18. The van der Waals surface area contributed by atoms with E-state index in [-0.39, 0.29) is 11.8 Å². The summed E-state index contributed by atoms with van der Waals surface area (Å²) in [5.41, 5.74) is 3.80. The van der Waals surface area contributed by atoms with Crippen LogP contribution in [0.5, 0.6) is 0 Å². The van der Waals surface area contributed by atoms with Gasteiger partial charge in [0, 0.05) is 37.3 Å². The van der Waals surface area contributed by atoms with Crippen LogP contribution in [-0.4, -0.2) is 25.7 Å². The highest BCUT2D eigenvalue weighted by atomic mass is 16.1. The van der Waals surface area contributed by atoms with E-state index in [2.05, 4.69) is 20.4 Å². The number of hydrogen-bond acceptors (Lipinski definition) is 4. The molecule has 104 valence electrons. The lowest BCUT2D eigenvalue weighted by atomic mass is 9.87. The summed E-state index contributed by atoms with van der Waals surface area (Å²) in [7, 11) is 1.83. The summed E-state index contributed by atoms with van der Waals surface area (Å²) < 4.78 is 1.69. The molecule has 1 aliphatic heterocycles. The maximum atomic E-state index is 11.9. The van der Waals surface area contributed by atoms with E-state index in [0.29, 0.717) is 6.42 Å². The van der Waals surface area contributed by atoms with Crippen LogP contribution >= 0.6 is 0 Å². The first kappa shape index (κ1) is 12.0. The number of carbonyl (C=O) groups excluding carboxylic acids is 1. The van der Waals surface area contributed by atoms with E-state index >= 15 is 0 Å².